The quantitative estimate of drug-likeness (QED) is 0.597. The minimum absolute atomic E-state index is 0.0181. The second kappa shape index (κ2) is 6.25. The van der Waals surface area contributed by atoms with Crippen molar-refractivity contribution in [1.29, 1.82) is 0 Å². The van der Waals surface area contributed by atoms with Crippen LogP contribution in [0.4, 0.5) is 4.79 Å². The van der Waals surface area contributed by atoms with Gasteiger partial charge < -0.3 is 21.5 Å². The molecule has 0 radical (unpaired) electrons. The van der Waals surface area contributed by atoms with Crippen molar-refractivity contribution in [3.05, 3.63) is 35.9 Å². The number of benzene rings is 1. The SMILES string of the molecule is NC(=O)CC(NC(=O)NC1CC1c1ccccc1)C(=O)O. The molecular formula is C14H17N3O4. The van der Waals surface area contributed by atoms with Crippen molar-refractivity contribution in [3.63, 3.8) is 0 Å². The van der Waals surface area contributed by atoms with E-state index in [0.29, 0.717) is 0 Å². The lowest BCUT2D eigenvalue weighted by atomic mass is 10.1. The fourth-order valence-corrected chi connectivity index (χ4v) is 2.19. The van der Waals surface area contributed by atoms with Crippen LogP contribution in [0.2, 0.25) is 0 Å². The Morgan fingerprint density at radius 2 is 1.95 bits per heavy atom. The average Bonchev–Trinajstić information content (AvgIpc) is 3.17. The molecule has 3 amide bonds. The van der Waals surface area contributed by atoms with Crippen molar-refractivity contribution in [1.82, 2.24) is 10.6 Å². The van der Waals surface area contributed by atoms with E-state index in [1.165, 1.54) is 0 Å². The van der Waals surface area contributed by atoms with Crippen LogP contribution in [-0.4, -0.2) is 35.1 Å². The summed E-state index contributed by atoms with van der Waals surface area (Å²) in [5, 5.41) is 13.8. The number of carboxylic acids is 1. The molecule has 3 atom stereocenters. The zero-order valence-corrected chi connectivity index (χ0v) is 11.3. The molecule has 0 aromatic heterocycles. The standard InChI is InChI=1S/C14H17N3O4/c15-12(18)7-11(13(19)20)17-14(21)16-10-6-9(10)8-4-2-1-3-5-8/h1-5,9-11H,6-7H2,(H2,15,18)(H,19,20)(H2,16,17,21). The molecule has 2 rings (SSSR count). The van der Waals surface area contributed by atoms with Gasteiger partial charge in [-0.1, -0.05) is 30.3 Å². The molecule has 1 saturated carbocycles. The summed E-state index contributed by atoms with van der Waals surface area (Å²) in [7, 11) is 0. The zero-order chi connectivity index (χ0) is 15.4. The number of urea groups is 1. The summed E-state index contributed by atoms with van der Waals surface area (Å²) < 4.78 is 0. The van der Waals surface area contributed by atoms with Crippen LogP contribution in [0.3, 0.4) is 0 Å². The summed E-state index contributed by atoms with van der Waals surface area (Å²) in [6.07, 6.45) is 0.376. The zero-order valence-electron chi connectivity index (χ0n) is 11.3. The maximum atomic E-state index is 11.7. The van der Waals surface area contributed by atoms with E-state index in [1.54, 1.807) is 0 Å². The molecule has 1 aliphatic carbocycles. The van der Waals surface area contributed by atoms with E-state index in [4.69, 9.17) is 10.8 Å². The van der Waals surface area contributed by atoms with E-state index in [9.17, 15) is 14.4 Å². The molecule has 3 unspecified atom stereocenters. The molecule has 1 aromatic carbocycles. The molecule has 21 heavy (non-hydrogen) atoms. The summed E-state index contributed by atoms with van der Waals surface area (Å²) in [6, 6.07) is 7.81. The minimum Gasteiger partial charge on any atom is -0.480 e. The number of hydrogen-bond acceptors (Lipinski definition) is 3. The minimum atomic E-state index is -1.31. The molecule has 0 heterocycles. The number of aliphatic carboxylic acids is 1. The predicted molar refractivity (Wildman–Crippen MR) is 74.5 cm³/mol. The highest BCUT2D eigenvalue weighted by atomic mass is 16.4. The van der Waals surface area contributed by atoms with Crippen molar-refractivity contribution in [2.45, 2.75) is 30.8 Å². The number of rotatable bonds is 6. The maximum absolute atomic E-state index is 11.7. The monoisotopic (exact) mass is 291 g/mol. The first-order valence-electron chi connectivity index (χ1n) is 6.60. The molecule has 5 N–H and O–H groups in total. The molecular weight excluding hydrogens is 274 g/mol. The molecule has 0 spiro atoms. The fraction of sp³-hybridized carbons (Fsp3) is 0.357. The number of nitrogens with one attached hydrogen (secondary N) is 2. The first kappa shape index (κ1) is 14.8. The van der Waals surface area contributed by atoms with E-state index in [-0.39, 0.29) is 12.0 Å². The Hall–Kier alpha value is -2.57. The molecule has 112 valence electrons. The van der Waals surface area contributed by atoms with Gasteiger partial charge in [-0.05, 0) is 12.0 Å². The Labute approximate surface area is 121 Å². The summed E-state index contributed by atoms with van der Waals surface area (Å²) in [6.45, 7) is 0. The van der Waals surface area contributed by atoms with Crippen molar-refractivity contribution >= 4 is 17.9 Å². The highest BCUT2D eigenvalue weighted by molar-refractivity contribution is 5.87. The lowest BCUT2D eigenvalue weighted by molar-refractivity contribution is -0.140. The Morgan fingerprint density at radius 1 is 1.29 bits per heavy atom. The Kier molecular flexibility index (Phi) is 4.42. The largest absolute Gasteiger partial charge is 0.480 e. The molecule has 1 aliphatic rings. The van der Waals surface area contributed by atoms with Crippen LogP contribution in [0.5, 0.6) is 0 Å². The van der Waals surface area contributed by atoms with E-state index in [2.05, 4.69) is 10.6 Å². The fourth-order valence-electron chi connectivity index (χ4n) is 2.19. The van der Waals surface area contributed by atoms with Gasteiger partial charge in [-0.15, -0.1) is 0 Å². The average molecular weight is 291 g/mol. The number of carbonyl (C=O) groups is 3. The van der Waals surface area contributed by atoms with Gasteiger partial charge in [0.2, 0.25) is 5.91 Å². The first-order valence-corrected chi connectivity index (χ1v) is 6.60. The molecule has 7 heteroatoms. The summed E-state index contributed by atoms with van der Waals surface area (Å²) in [5.41, 5.74) is 6.08. The number of nitrogens with two attached hydrogens (primary N) is 1. The van der Waals surface area contributed by atoms with Crippen LogP contribution in [0.15, 0.2) is 30.3 Å². The highest BCUT2D eigenvalue weighted by Crippen LogP contribution is 2.40. The normalized spacial score (nSPS) is 21.1. The molecule has 1 fully saturated rings. The second-order valence-electron chi connectivity index (χ2n) is 5.04. The summed E-state index contributed by atoms with van der Waals surface area (Å²) in [5.74, 6) is -1.83. The third-order valence-electron chi connectivity index (χ3n) is 3.34. The van der Waals surface area contributed by atoms with Gasteiger partial charge in [-0.3, -0.25) is 4.79 Å². The highest BCUT2D eigenvalue weighted by Gasteiger charge is 2.39. The number of carbonyl (C=O) groups excluding carboxylic acids is 2. The third-order valence-corrected chi connectivity index (χ3v) is 3.34. The van der Waals surface area contributed by atoms with E-state index in [1.807, 2.05) is 30.3 Å². The van der Waals surface area contributed by atoms with Gasteiger partial charge >= 0.3 is 12.0 Å². The topological polar surface area (TPSA) is 122 Å². The van der Waals surface area contributed by atoms with Crippen LogP contribution in [0.1, 0.15) is 24.3 Å². The lowest BCUT2D eigenvalue weighted by Gasteiger charge is -2.13. The van der Waals surface area contributed by atoms with E-state index < -0.39 is 30.4 Å². The van der Waals surface area contributed by atoms with Gasteiger partial charge in [0.1, 0.15) is 6.04 Å². The van der Waals surface area contributed by atoms with E-state index >= 15 is 0 Å². The number of amides is 3. The smallest absolute Gasteiger partial charge is 0.326 e. The predicted octanol–water partition coefficient (Wildman–Crippen LogP) is 0.170. The van der Waals surface area contributed by atoms with Gasteiger partial charge in [0, 0.05) is 12.0 Å². The van der Waals surface area contributed by atoms with E-state index in [0.717, 1.165) is 12.0 Å². The molecule has 1 aromatic rings. The van der Waals surface area contributed by atoms with Crippen LogP contribution < -0.4 is 16.4 Å². The van der Waals surface area contributed by atoms with Gasteiger partial charge in [0.25, 0.3) is 0 Å². The van der Waals surface area contributed by atoms with Crippen molar-refractivity contribution < 1.29 is 19.5 Å². The Balaban J connectivity index is 1.83. The number of primary amides is 1. The van der Waals surface area contributed by atoms with Crippen LogP contribution in [0.25, 0.3) is 0 Å². The second-order valence-corrected chi connectivity index (χ2v) is 5.04. The van der Waals surface area contributed by atoms with Gasteiger partial charge in [0.15, 0.2) is 0 Å². The molecule has 7 nitrogen and oxygen atoms in total. The summed E-state index contributed by atoms with van der Waals surface area (Å²) >= 11 is 0. The van der Waals surface area contributed by atoms with Crippen molar-refractivity contribution in [3.8, 4) is 0 Å². The summed E-state index contributed by atoms with van der Waals surface area (Å²) in [4.78, 5) is 33.4. The van der Waals surface area contributed by atoms with Crippen molar-refractivity contribution in [2.75, 3.05) is 0 Å². The third kappa shape index (κ3) is 4.20. The number of carboxylic acid groups (broad SMARTS) is 1. The molecule has 0 aliphatic heterocycles. The Bertz CT molecular complexity index is 546. The van der Waals surface area contributed by atoms with Gasteiger partial charge in [0.05, 0.1) is 6.42 Å². The van der Waals surface area contributed by atoms with Crippen LogP contribution >= 0.6 is 0 Å². The van der Waals surface area contributed by atoms with Crippen LogP contribution in [0, 0.1) is 0 Å². The molecule has 0 saturated heterocycles. The number of hydrogen-bond donors (Lipinski definition) is 4. The van der Waals surface area contributed by atoms with Crippen molar-refractivity contribution in [2.24, 2.45) is 5.73 Å². The van der Waals surface area contributed by atoms with Gasteiger partial charge in [-0.25, -0.2) is 9.59 Å². The van der Waals surface area contributed by atoms with Crippen LogP contribution in [-0.2, 0) is 9.59 Å². The first-order chi connectivity index (χ1) is 9.97. The lowest BCUT2D eigenvalue weighted by Crippen LogP contribution is -2.48. The molecule has 0 bridgehead atoms. The Morgan fingerprint density at radius 3 is 2.52 bits per heavy atom. The maximum Gasteiger partial charge on any atom is 0.326 e. The van der Waals surface area contributed by atoms with Gasteiger partial charge in [-0.2, -0.15) is 0 Å².